The van der Waals surface area contributed by atoms with E-state index in [4.69, 9.17) is 10.8 Å². The highest BCUT2D eigenvalue weighted by atomic mass is 16.3. The average Bonchev–Trinajstić information content (AvgIpc) is 3.08. The molecule has 0 radical (unpaired) electrons. The number of anilines is 1. The van der Waals surface area contributed by atoms with Gasteiger partial charge in [0.1, 0.15) is 0 Å². The van der Waals surface area contributed by atoms with Gasteiger partial charge in [-0.3, -0.25) is 9.89 Å². The van der Waals surface area contributed by atoms with Crippen LogP contribution in [0.25, 0.3) is 0 Å². The number of nitrogen functional groups attached to an aromatic ring is 1. The largest absolute Gasteiger partial charge is 0.395 e. The molecule has 1 fully saturated rings. The summed E-state index contributed by atoms with van der Waals surface area (Å²) in [5.74, 6) is 0.0125. The highest BCUT2D eigenvalue weighted by Crippen LogP contribution is 2.30. The van der Waals surface area contributed by atoms with E-state index in [1.165, 1.54) is 0 Å². The summed E-state index contributed by atoms with van der Waals surface area (Å²) in [7, 11) is 0. The minimum Gasteiger partial charge on any atom is -0.395 e. The molecule has 0 bridgehead atoms. The number of nitrogens with zero attached hydrogens (tertiary/aromatic N) is 2. The summed E-state index contributed by atoms with van der Waals surface area (Å²) in [6.07, 6.45) is 1.99. The quantitative estimate of drug-likeness (QED) is 0.719. The summed E-state index contributed by atoms with van der Waals surface area (Å²) < 4.78 is 0. The molecule has 1 heterocycles. The Morgan fingerprint density at radius 1 is 1.61 bits per heavy atom. The lowest BCUT2D eigenvalue weighted by Crippen LogP contribution is -2.36. The minimum absolute atomic E-state index is 0.0381. The Balaban J connectivity index is 2.21. The summed E-state index contributed by atoms with van der Waals surface area (Å²) in [5.41, 5.74) is 7.45. The molecule has 0 aliphatic heterocycles. The number of aliphatic hydroxyl groups is 1. The van der Waals surface area contributed by atoms with Gasteiger partial charge in [-0.25, -0.2) is 0 Å². The van der Waals surface area contributed by atoms with Crippen molar-refractivity contribution in [3.63, 3.8) is 0 Å². The van der Waals surface area contributed by atoms with E-state index >= 15 is 0 Å². The Morgan fingerprint density at radius 2 is 2.28 bits per heavy atom. The molecule has 18 heavy (non-hydrogen) atoms. The van der Waals surface area contributed by atoms with Gasteiger partial charge in [0, 0.05) is 12.6 Å². The van der Waals surface area contributed by atoms with Crippen LogP contribution in [0.2, 0.25) is 0 Å². The van der Waals surface area contributed by atoms with Crippen molar-refractivity contribution in [3.8, 4) is 0 Å². The number of hydrogen-bond donors (Lipinski definition) is 3. The van der Waals surface area contributed by atoms with Crippen molar-refractivity contribution in [2.24, 2.45) is 0 Å². The second-order valence-corrected chi connectivity index (χ2v) is 5.01. The fraction of sp³-hybridized carbons (Fsp3) is 0.667. The lowest BCUT2D eigenvalue weighted by atomic mass is 10.1. The number of carbonyl (C=O) groups is 1. The molecule has 1 aromatic rings. The van der Waals surface area contributed by atoms with Gasteiger partial charge in [0.15, 0.2) is 5.69 Å². The van der Waals surface area contributed by atoms with Gasteiger partial charge in [-0.15, -0.1) is 0 Å². The Bertz CT molecular complexity index is 437. The van der Waals surface area contributed by atoms with Gasteiger partial charge in [-0.2, -0.15) is 5.10 Å². The molecular formula is C12H20N4O2. The van der Waals surface area contributed by atoms with Crippen LogP contribution < -0.4 is 5.73 Å². The highest BCUT2D eigenvalue weighted by molar-refractivity contribution is 5.98. The molecule has 2 rings (SSSR count). The molecule has 6 nitrogen and oxygen atoms in total. The molecule has 0 aromatic carbocycles. The lowest BCUT2D eigenvalue weighted by Gasteiger charge is -2.20. The zero-order chi connectivity index (χ0) is 13.3. The molecule has 1 saturated carbocycles. The number of aliphatic hydroxyl groups excluding tert-OH is 1. The van der Waals surface area contributed by atoms with E-state index in [0.29, 0.717) is 12.2 Å². The molecule has 0 unspecified atom stereocenters. The SMILES string of the molecule is CC(C)c1[nH]nc(C(=O)N(CCO)C2CC2)c1N. The van der Waals surface area contributed by atoms with Crippen LogP contribution in [0.4, 0.5) is 5.69 Å². The monoisotopic (exact) mass is 252 g/mol. The van der Waals surface area contributed by atoms with E-state index in [-0.39, 0.29) is 30.2 Å². The van der Waals surface area contributed by atoms with Crippen molar-refractivity contribution in [1.29, 1.82) is 0 Å². The van der Waals surface area contributed by atoms with Gasteiger partial charge >= 0.3 is 0 Å². The minimum atomic E-state index is -0.188. The van der Waals surface area contributed by atoms with Crippen molar-refractivity contribution < 1.29 is 9.90 Å². The number of amides is 1. The smallest absolute Gasteiger partial charge is 0.276 e. The number of nitrogens with two attached hydrogens (primary N) is 1. The Kier molecular flexibility index (Phi) is 3.56. The van der Waals surface area contributed by atoms with E-state index in [1.807, 2.05) is 13.8 Å². The highest BCUT2D eigenvalue weighted by Gasteiger charge is 2.34. The molecule has 4 N–H and O–H groups in total. The average molecular weight is 252 g/mol. The van der Waals surface area contributed by atoms with Gasteiger partial charge in [0.05, 0.1) is 18.0 Å². The number of aromatic amines is 1. The molecule has 0 saturated heterocycles. The molecule has 6 heteroatoms. The van der Waals surface area contributed by atoms with E-state index in [0.717, 1.165) is 18.5 Å². The fourth-order valence-electron chi connectivity index (χ4n) is 2.05. The van der Waals surface area contributed by atoms with Crippen LogP contribution >= 0.6 is 0 Å². The third-order valence-electron chi connectivity index (χ3n) is 3.20. The van der Waals surface area contributed by atoms with Crippen molar-refractivity contribution in [2.45, 2.75) is 38.6 Å². The third-order valence-corrected chi connectivity index (χ3v) is 3.20. The first-order valence-electron chi connectivity index (χ1n) is 6.31. The van der Waals surface area contributed by atoms with Gasteiger partial charge < -0.3 is 15.7 Å². The zero-order valence-corrected chi connectivity index (χ0v) is 10.8. The van der Waals surface area contributed by atoms with E-state index < -0.39 is 0 Å². The van der Waals surface area contributed by atoms with Gasteiger partial charge in [-0.1, -0.05) is 13.8 Å². The van der Waals surface area contributed by atoms with Gasteiger partial charge in [0.2, 0.25) is 0 Å². The van der Waals surface area contributed by atoms with Crippen LogP contribution in [0.5, 0.6) is 0 Å². The topological polar surface area (TPSA) is 95.2 Å². The van der Waals surface area contributed by atoms with Crippen molar-refractivity contribution in [1.82, 2.24) is 15.1 Å². The van der Waals surface area contributed by atoms with Gasteiger partial charge in [0.25, 0.3) is 5.91 Å². The maximum atomic E-state index is 12.3. The summed E-state index contributed by atoms with van der Waals surface area (Å²) in [5, 5.41) is 15.9. The van der Waals surface area contributed by atoms with Crippen LogP contribution in [0.1, 0.15) is 48.8 Å². The second kappa shape index (κ2) is 4.97. The molecule has 0 atom stereocenters. The fourth-order valence-corrected chi connectivity index (χ4v) is 2.05. The van der Waals surface area contributed by atoms with Gasteiger partial charge in [-0.05, 0) is 18.8 Å². The predicted octanol–water partition coefficient (Wildman–Crippen LogP) is 0.712. The summed E-state index contributed by atoms with van der Waals surface area (Å²) in [6.45, 7) is 4.28. The van der Waals surface area contributed by atoms with Crippen LogP contribution in [0, 0.1) is 0 Å². The number of aromatic nitrogens is 2. The molecule has 1 aromatic heterocycles. The molecule has 1 amide bonds. The molecular weight excluding hydrogens is 232 g/mol. The zero-order valence-electron chi connectivity index (χ0n) is 10.8. The number of nitrogens with one attached hydrogen (secondary N) is 1. The first-order chi connectivity index (χ1) is 8.56. The first-order valence-corrected chi connectivity index (χ1v) is 6.31. The van der Waals surface area contributed by atoms with Crippen LogP contribution in [0.3, 0.4) is 0 Å². The standard InChI is InChI=1S/C12H20N4O2/c1-7(2)10-9(13)11(15-14-10)12(18)16(5-6-17)8-3-4-8/h7-8,17H,3-6,13H2,1-2H3,(H,14,15). The van der Waals surface area contributed by atoms with E-state index in [1.54, 1.807) is 4.90 Å². The summed E-state index contributed by atoms with van der Waals surface area (Å²) in [6, 6.07) is 0.239. The summed E-state index contributed by atoms with van der Waals surface area (Å²) >= 11 is 0. The number of carbonyl (C=O) groups excluding carboxylic acids is 1. The van der Waals surface area contributed by atoms with Crippen molar-refractivity contribution in [2.75, 3.05) is 18.9 Å². The Hall–Kier alpha value is -1.56. The van der Waals surface area contributed by atoms with E-state index in [9.17, 15) is 4.79 Å². The predicted molar refractivity (Wildman–Crippen MR) is 68.2 cm³/mol. The molecule has 100 valence electrons. The maximum absolute atomic E-state index is 12.3. The molecule has 1 aliphatic rings. The van der Waals surface area contributed by atoms with Crippen molar-refractivity contribution >= 4 is 11.6 Å². The Labute approximate surface area is 106 Å². The third kappa shape index (κ3) is 2.33. The molecule has 0 spiro atoms. The molecule has 1 aliphatic carbocycles. The number of hydrogen-bond acceptors (Lipinski definition) is 4. The maximum Gasteiger partial charge on any atom is 0.276 e. The van der Waals surface area contributed by atoms with Crippen LogP contribution in [-0.4, -0.2) is 45.3 Å². The summed E-state index contributed by atoms with van der Waals surface area (Å²) in [4.78, 5) is 14.0. The lowest BCUT2D eigenvalue weighted by molar-refractivity contribution is 0.0702. The number of rotatable bonds is 5. The first kappa shape index (κ1) is 12.9. The van der Waals surface area contributed by atoms with Crippen LogP contribution in [0.15, 0.2) is 0 Å². The van der Waals surface area contributed by atoms with E-state index in [2.05, 4.69) is 10.2 Å². The second-order valence-electron chi connectivity index (χ2n) is 5.01. The Morgan fingerprint density at radius 3 is 2.72 bits per heavy atom. The number of H-pyrrole nitrogens is 1. The normalized spacial score (nSPS) is 15.1. The van der Waals surface area contributed by atoms with Crippen molar-refractivity contribution in [3.05, 3.63) is 11.4 Å². The van der Waals surface area contributed by atoms with Crippen LogP contribution in [-0.2, 0) is 0 Å².